The normalized spacial score (nSPS) is 15.1. The van der Waals surface area contributed by atoms with Gasteiger partial charge in [0.2, 0.25) is 0 Å². The van der Waals surface area contributed by atoms with Crippen LogP contribution in [0.3, 0.4) is 0 Å². The van der Waals surface area contributed by atoms with Crippen LogP contribution >= 0.6 is 0 Å². The Hall–Kier alpha value is -7.88. The number of pyridine rings is 1. The first-order valence-corrected chi connectivity index (χ1v) is 22.8. The number of aromatic nitrogens is 3. The fourth-order valence-corrected chi connectivity index (χ4v) is 12.4. The number of nitrogens with zero attached hydrogens (tertiary/aromatic N) is 3. The lowest BCUT2D eigenvalue weighted by atomic mass is 9.64. The molecular weight excluding hydrogens is 787 g/mol. The monoisotopic (exact) mass is 831 g/mol. The van der Waals surface area contributed by atoms with E-state index in [1.165, 1.54) is 94.6 Å². The summed E-state index contributed by atoms with van der Waals surface area (Å²) in [6.45, 7) is 4.55. The molecule has 0 saturated carbocycles. The number of imidazole rings is 1. The van der Waals surface area contributed by atoms with Crippen molar-refractivity contribution in [3.05, 3.63) is 298 Å². The van der Waals surface area contributed by atoms with E-state index in [0.29, 0.717) is 5.92 Å². The van der Waals surface area contributed by atoms with Crippen LogP contribution in [-0.2, 0) is 16.4 Å². The standard InChI is InChI=1S/C62H45N3/c1-41(2)42-33-34-64-59(37-42)61(55-29-11-5-23-49(55)50-24-6-12-30-56(50)61)45-19-15-17-43(38-45)60(53-27-9-3-21-47(53)48-22-4-10-28-54(48)60)44-18-16-20-46(39-44)62(65-36-35-63-40-65)57-31-13-7-25-51(57)52-26-8-14-32-58(52)62/h3-41H,1-2H3. The second-order valence-electron chi connectivity index (χ2n) is 18.2. The number of rotatable bonds is 7. The Labute approximate surface area is 380 Å². The van der Waals surface area contributed by atoms with E-state index in [1.54, 1.807) is 0 Å². The molecule has 0 atom stereocenters. The molecule has 0 amide bonds. The van der Waals surface area contributed by atoms with Gasteiger partial charge in [0.25, 0.3) is 0 Å². The zero-order valence-electron chi connectivity index (χ0n) is 36.4. The van der Waals surface area contributed by atoms with Crippen molar-refractivity contribution in [2.75, 3.05) is 0 Å². The molecule has 8 aromatic carbocycles. The lowest BCUT2D eigenvalue weighted by Crippen LogP contribution is -2.36. The van der Waals surface area contributed by atoms with E-state index < -0.39 is 16.4 Å². The molecule has 0 unspecified atom stereocenters. The second kappa shape index (κ2) is 14.1. The Morgan fingerprint density at radius 1 is 0.385 bits per heavy atom. The van der Waals surface area contributed by atoms with Crippen molar-refractivity contribution in [1.29, 1.82) is 0 Å². The third-order valence-corrected chi connectivity index (χ3v) is 15.0. The lowest BCUT2D eigenvalue weighted by molar-refractivity contribution is 0.526. The molecule has 3 aliphatic rings. The minimum absolute atomic E-state index is 0.346. The van der Waals surface area contributed by atoms with Gasteiger partial charge in [-0.3, -0.25) is 4.98 Å². The SMILES string of the molecule is CC(C)c1ccnc(C2(c3cccc(C4(c5cccc(C6(n7ccnc7)c7ccccc7-c7ccccc76)c5)c5ccccc5-c5ccccc54)c3)c3ccccc3-c3ccccc32)c1. The third kappa shape index (κ3) is 4.90. The summed E-state index contributed by atoms with van der Waals surface area (Å²) in [4.78, 5) is 10.0. The summed E-state index contributed by atoms with van der Waals surface area (Å²) in [5.74, 6) is 0.346. The maximum Gasteiger partial charge on any atom is 0.122 e. The Morgan fingerprint density at radius 2 is 0.785 bits per heavy atom. The van der Waals surface area contributed by atoms with Gasteiger partial charge in [0.05, 0.1) is 22.9 Å². The largest absolute Gasteiger partial charge is 0.319 e. The van der Waals surface area contributed by atoms with Crippen LogP contribution in [0.25, 0.3) is 33.4 Å². The molecule has 308 valence electrons. The first kappa shape index (κ1) is 37.7. The van der Waals surface area contributed by atoms with Crippen LogP contribution in [0.2, 0.25) is 0 Å². The molecule has 3 aliphatic carbocycles. The summed E-state index contributed by atoms with van der Waals surface area (Å²) < 4.78 is 2.32. The summed E-state index contributed by atoms with van der Waals surface area (Å²) in [5.41, 5.74) is 20.2. The zero-order valence-corrected chi connectivity index (χ0v) is 36.4. The van der Waals surface area contributed by atoms with E-state index in [-0.39, 0.29) is 0 Å². The van der Waals surface area contributed by atoms with Crippen molar-refractivity contribution < 1.29 is 0 Å². The van der Waals surface area contributed by atoms with E-state index in [4.69, 9.17) is 4.98 Å². The zero-order chi connectivity index (χ0) is 43.3. The Bertz CT molecular complexity index is 3360. The van der Waals surface area contributed by atoms with Crippen molar-refractivity contribution in [2.24, 2.45) is 0 Å². The molecule has 65 heavy (non-hydrogen) atoms. The molecule has 2 aromatic heterocycles. The van der Waals surface area contributed by atoms with Gasteiger partial charge in [0, 0.05) is 18.6 Å². The average Bonchev–Trinajstić information content (AvgIpc) is 4.15. The van der Waals surface area contributed by atoms with Gasteiger partial charge in [0.15, 0.2) is 0 Å². The van der Waals surface area contributed by atoms with Crippen molar-refractivity contribution in [3.8, 4) is 33.4 Å². The smallest absolute Gasteiger partial charge is 0.122 e. The minimum atomic E-state index is -0.682. The Balaban J connectivity index is 1.13. The molecule has 3 heteroatoms. The van der Waals surface area contributed by atoms with Crippen LogP contribution in [0.5, 0.6) is 0 Å². The van der Waals surface area contributed by atoms with Gasteiger partial charge in [0.1, 0.15) is 5.54 Å². The molecule has 13 rings (SSSR count). The van der Waals surface area contributed by atoms with Gasteiger partial charge in [-0.1, -0.05) is 208 Å². The van der Waals surface area contributed by atoms with Crippen LogP contribution < -0.4 is 0 Å². The lowest BCUT2D eigenvalue weighted by Gasteiger charge is -2.39. The summed E-state index contributed by atoms with van der Waals surface area (Å²) in [6.07, 6.45) is 8.05. The summed E-state index contributed by atoms with van der Waals surface area (Å²) in [5, 5.41) is 0. The molecule has 0 N–H and O–H groups in total. The van der Waals surface area contributed by atoms with Crippen LogP contribution in [0.15, 0.2) is 231 Å². The minimum Gasteiger partial charge on any atom is -0.319 e. The van der Waals surface area contributed by atoms with Gasteiger partial charge in [-0.25, -0.2) is 4.98 Å². The number of hydrogen-bond donors (Lipinski definition) is 0. The Morgan fingerprint density at radius 3 is 1.25 bits per heavy atom. The van der Waals surface area contributed by atoms with Crippen LogP contribution in [-0.4, -0.2) is 14.5 Å². The first-order chi connectivity index (χ1) is 32.1. The van der Waals surface area contributed by atoms with Gasteiger partial charge < -0.3 is 4.57 Å². The highest BCUT2D eigenvalue weighted by molar-refractivity contribution is 5.89. The second-order valence-corrected chi connectivity index (χ2v) is 18.2. The molecule has 0 spiro atoms. The van der Waals surface area contributed by atoms with E-state index in [1.807, 2.05) is 18.7 Å². The molecule has 2 heterocycles. The summed E-state index contributed by atoms with van der Waals surface area (Å²) in [7, 11) is 0. The van der Waals surface area contributed by atoms with E-state index in [0.717, 1.165) is 5.69 Å². The average molecular weight is 832 g/mol. The molecule has 0 saturated heterocycles. The third-order valence-electron chi connectivity index (χ3n) is 15.0. The van der Waals surface area contributed by atoms with Crippen molar-refractivity contribution >= 4 is 0 Å². The van der Waals surface area contributed by atoms with Crippen LogP contribution in [0.4, 0.5) is 0 Å². The first-order valence-electron chi connectivity index (χ1n) is 22.8. The number of fused-ring (bicyclic) bond motifs is 9. The highest BCUT2D eigenvalue weighted by Crippen LogP contribution is 2.60. The number of benzene rings is 8. The predicted molar refractivity (Wildman–Crippen MR) is 262 cm³/mol. The predicted octanol–water partition coefficient (Wildman–Crippen LogP) is 13.9. The van der Waals surface area contributed by atoms with Crippen molar-refractivity contribution in [1.82, 2.24) is 14.5 Å². The molecule has 3 nitrogen and oxygen atoms in total. The highest BCUT2D eigenvalue weighted by atomic mass is 15.1. The molecular formula is C62H45N3. The molecule has 0 aliphatic heterocycles. The van der Waals surface area contributed by atoms with Crippen molar-refractivity contribution in [3.63, 3.8) is 0 Å². The fourth-order valence-electron chi connectivity index (χ4n) is 12.4. The van der Waals surface area contributed by atoms with Gasteiger partial charge >= 0.3 is 0 Å². The maximum absolute atomic E-state index is 5.34. The van der Waals surface area contributed by atoms with Gasteiger partial charge in [-0.2, -0.15) is 0 Å². The molecule has 10 aromatic rings. The molecule has 0 fully saturated rings. The number of hydrogen-bond acceptors (Lipinski definition) is 2. The van der Waals surface area contributed by atoms with Gasteiger partial charge in [-0.15, -0.1) is 0 Å². The highest BCUT2D eigenvalue weighted by Gasteiger charge is 2.52. The topological polar surface area (TPSA) is 30.7 Å². The van der Waals surface area contributed by atoms with Crippen LogP contribution in [0.1, 0.15) is 86.7 Å². The van der Waals surface area contributed by atoms with E-state index >= 15 is 0 Å². The summed E-state index contributed by atoms with van der Waals surface area (Å²) >= 11 is 0. The molecule has 0 radical (unpaired) electrons. The van der Waals surface area contributed by atoms with Crippen LogP contribution in [0, 0.1) is 0 Å². The molecule has 0 bridgehead atoms. The maximum atomic E-state index is 5.34. The van der Waals surface area contributed by atoms with E-state index in [2.05, 4.69) is 236 Å². The van der Waals surface area contributed by atoms with Gasteiger partial charge in [-0.05, 0) is 113 Å². The van der Waals surface area contributed by atoms with E-state index in [9.17, 15) is 0 Å². The quantitative estimate of drug-likeness (QED) is 0.160. The summed E-state index contributed by atoms with van der Waals surface area (Å²) in [6, 6.07) is 77.6. The fraction of sp³-hybridized carbons (Fsp3) is 0.0968. The van der Waals surface area contributed by atoms with Crippen molar-refractivity contribution in [2.45, 2.75) is 36.1 Å². The Kier molecular flexibility index (Phi) is 8.15.